The predicted molar refractivity (Wildman–Crippen MR) is 110 cm³/mol. The van der Waals surface area contributed by atoms with Crippen LogP contribution in [0.3, 0.4) is 0 Å². The first kappa shape index (κ1) is 20.2. The number of nitrogens with one attached hydrogen (secondary N) is 1. The number of amides is 1. The highest BCUT2D eigenvalue weighted by molar-refractivity contribution is 7.99. The van der Waals surface area contributed by atoms with Crippen molar-refractivity contribution < 1.29 is 4.79 Å². The van der Waals surface area contributed by atoms with Crippen molar-refractivity contribution in [2.45, 2.75) is 56.6 Å². The Morgan fingerprint density at radius 2 is 1.93 bits per heavy atom. The molecule has 2 aromatic rings. The van der Waals surface area contributed by atoms with Gasteiger partial charge in [-0.25, -0.2) is 4.68 Å². The Morgan fingerprint density at radius 3 is 2.46 bits per heavy atom. The lowest BCUT2D eigenvalue weighted by Crippen LogP contribution is -2.47. The molecule has 7 nitrogen and oxygen atoms in total. The van der Waals surface area contributed by atoms with E-state index in [1.54, 1.807) is 6.92 Å². The highest BCUT2D eigenvalue weighted by atomic mass is 32.2. The van der Waals surface area contributed by atoms with Gasteiger partial charge < -0.3 is 11.2 Å². The van der Waals surface area contributed by atoms with Crippen molar-refractivity contribution in [3.05, 3.63) is 29.8 Å². The topological polar surface area (TPSA) is 110 Å². The van der Waals surface area contributed by atoms with Gasteiger partial charge in [0.2, 0.25) is 11.1 Å². The molecule has 1 amide bonds. The van der Waals surface area contributed by atoms with Crippen molar-refractivity contribution >= 4 is 17.7 Å². The standard InChI is InChI=1S/C20H26N6OS/c1-19(2,3)14-7-5-13(6-8-14)17-24-25-18(26(17)22)28-11-16(27)23-20(4,12-21)15-9-10-15/h5-8,15H,9-11,22H2,1-4H3,(H,23,27)/t20-/m0/s1. The summed E-state index contributed by atoms with van der Waals surface area (Å²) in [7, 11) is 0. The van der Waals surface area contributed by atoms with Gasteiger partial charge in [0.1, 0.15) is 5.54 Å². The largest absolute Gasteiger partial charge is 0.337 e. The summed E-state index contributed by atoms with van der Waals surface area (Å²) in [4.78, 5) is 12.3. The van der Waals surface area contributed by atoms with Crippen molar-refractivity contribution in [3.8, 4) is 17.5 Å². The van der Waals surface area contributed by atoms with Gasteiger partial charge in [-0.15, -0.1) is 10.2 Å². The van der Waals surface area contributed by atoms with Crippen LogP contribution in [0.1, 0.15) is 46.1 Å². The van der Waals surface area contributed by atoms with E-state index in [0.29, 0.717) is 11.0 Å². The van der Waals surface area contributed by atoms with Gasteiger partial charge in [0.15, 0.2) is 5.82 Å². The maximum Gasteiger partial charge on any atom is 0.231 e. The zero-order valence-corrected chi connectivity index (χ0v) is 17.5. The molecule has 0 saturated heterocycles. The van der Waals surface area contributed by atoms with E-state index in [9.17, 15) is 10.1 Å². The molecule has 1 fully saturated rings. The Kier molecular flexibility index (Phi) is 5.39. The maximum atomic E-state index is 12.3. The van der Waals surface area contributed by atoms with Crippen LogP contribution in [0.15, 0.2) is 29.4 Å². The van der Waals surface area contributed by atoms with Gasteiger partial charge in [-0.3, -0.25) is 4.79 Å². The molecule has 1 saturated carbocycles. The monoisotopic (exact) mass is 398 g/mol. The summed E-state index contributed by atoms with van der Waals surface area (Å²) in [6, 6.07) is 10.3. The smallest absolute Gasteiger partial charge is 0.231 e. The van der Waals surface area contributed by atoms with Gasteiger partial charge in [-0.2, -0.15) is 5.26 Å². The number of nitriles is 1. The molecule has 0 spiro atoms. The zero-order valence-electron chi connectivity index (χ0n) is 16.7. The number of nitrogens with zero attached hydrogens (tertiary/aromatic N) is 4. The molecule has 1 aromatic heterocycles. The molecule has 28 heavy (non-hydrogen) atoms. The number of thioether (sulfide) groups is 1. The second-order valence-corrected chi connectivity index (χ2v) is 9.37. The number of nitrogen functional groups attached to an aromatic ring is 1. The first-order chi connectivity index (χ1) is 13.1. The summed E-state index contributed by atoms with van der Waals surface area (Å²) < 4.78 is 1.40. The van der Waals surface area contributed by atoms with Crippen LogP contribution in [-0.4, -0.2) is 32.1 Å². The lowest BCUT2D eigenvalue weighted by molar-refractivity contribution is -0.119. The fraction of sp³-hybridized carbons (Fsp3) is 0.500. The van der Waals surface area contributed by atoms with Gasteiger partial charge in [0.25, 0.3) is 0 Å². The van der Waals surface area contributed by atoms with Crippen molar-refractivity contribution in [2.75, 3.05) is 11.6 Å². The lowest BCUT2D eigenvalue weighted by Gasteiger charge is -2.22. The molecule has 3 N–H and O–H groups in total. The van der Waals surface area contributed by atoms with Crippen LogP contribution in [0.2, 0.25) is 0 Å². The van der Waals surface area contributed by atoms with Gasteiger partial charge >= 0.3 is 0 Å². The van der Waals surface area contributed by atoms with Crippen molar-refractivity contribution in [3.63, 3.8) is 0 Å². The minimum absolute atomic E-state index is 0.0711. The first-order valence-corrected chi connectivity index (χ1v) is 10.3. The molecular weight excluding hydrogens is 372 g/mol. The van der Waals surface area contributed by atoms with Crippen LogP contribution in [0, 0.1) is 17.2 Å². The van der Waals surface area contributed by atoms with Crippen molar-refractivity contribution in [1.82, 2.24) is 20.2 Å². The van der Waals surface area contributed by atoms with Crippen molar-refractivity contribution in [2.24, 2.45) is 5.92 Å². The average molecular weight is 399 g/mol. The van der Waals surface area contributed by atoms with Crippen LogP contribution in [0.4, 0.5) is 0 Å². The number of aromatic nitrogens is 3. The summed E-state index contributed by atoms with van der Waals surface area (Å²) in [6.45, 7) is 8.26. The third-order valence-corrected chi connectivity index (χ3v) is 5.97. The van der Waals surface area contributed by atoms with Crippen LogP contribution < -0.4 is 11.2 Å². The summed E-state index contributed by atoms with van der Waals surface area (Å²) >= 11 is 1.20. The first-order valence-electron chi connectivity index (χ1n) is 9.30. The third-order valence-electron chi connectivity index (χ3n) is 5.03. The number of rotatable bonds is 6. The van der Waals surface area contributed by atoms with Gasteiger partial charge in [0.05, 0.1) is 11.8 Å². The predicted octanol–water partition coefficient (Wildman–Crippen LogP) is 2.86. The molecule has 1 aliphatic carbocycles. The maximum absolute atomic E-state index is 12.3. The molecule has 8 heteroatoms. The number of hydrogen-bond donors (Lipinski definition) is 2. The Labute approximate surface area is 169 Å². The van der Waals surface area contributed by atoms with E-state index < -0.39 is 5.54 Å². The molecule has 1 atom stereocenters. The van der Waals surface area contributed by atoms with E-state index in [0.717, 1.165) is 18.4 Å². The fourth-order valence-corrected chi connectivity index (χ4v) is 3.69. The second kappa shape index (κ2) is 7.47. The molecule has 148 valence electrons. The molecule has 1 heterocycles. The third kappa shape index (κ3) is 4.30. The summed E-state index contributed by atoms with van der Waals surface area (Å²) in [5.74, 6) is 6.85. The molecule has 0 aliphatic heterocycles. The number of carbonyl (C=O) groups excluding carboxylic acids is 1. The number of hydrogen-bond acceptors (Lipinski definition) is 6. The second-order valence-electron chi connectivity index (χ2n) is 8.43. The molecule has 0 bridgehead atoms. The van der Waals surface area contributed by atoms with E-state index >= 15 is 0 Å². The van der Waals surface area contributed by atoms with E-state index in [1.165, 1.54) is 22.0 Å². The molecular formula is C20H26N6OS. The normalized spacial score (nSPS) is 16.2. The molecule has 3 rings (SSSR count). The minimum atomic E-state index is -0.798. The Balaban J connectivity index is 1.65. The Hall–Kier alpha value is -2.53. The van der Waals surface area contributed by atoms with Gasteiger partial charge in [0, 0.05) is 5.56 Å². The average Bonchev–Trinajstić information content (AvgIpc) is 3.44. The Morgan fingerprint density at radius 1 is 1.29 bits per heavy atom. The Bertz CT molecular complexity index is 904. The summed E-state index contributed by atoms with van der Waals surface area (Å²) in [5.41, 5.74) is 1.36. The number of nitrogens with two attached hydrogens (primary N) is 1. The van der Waals surface area contributed by atoms with Crippen LogP contribution in [0.25, 0.3) is 11.4 Å². The molecule has 0 unspecified atom stereocenters. The SMILES string of the molecule is CC(C)(C)c1ccc(-c2nnc(SCC(=O)N[C@@](C)(C#N)C3CC3)n2N)cc1. The van der Waals surface area contributed by atoms with Crippen molar-refractivity contribution in [1.29, 1.82) is 5.26 Å². The van der Waals surface area contributed by atoms with E-state index in [-0.39, 0.29) is 23.0 Å². The fourth-order valence-electron chi connectivity index (χ4n) is 3.03. The summed E-state index contributed by atoms with van der Waals surface area (Å²) in [5, 5.41) is 20.9. The molecule has 1 aliphatic rings. The quantitative estimate of drug-likeness (QED) is 0.572. The highest BCUT2D eigenvalue weighted by Gasteiger charge is 2.43. The molecule has 1 aromatic carbocycles. The van der Waals surface area contributed by atoms with Gasteiger partial charge in [-0.05, 0) is 36.7 Å². The van der Waals surface area contributed by atoms with Gasteiger partial charge in [-0.1, -0.05) is 56.8 Å². The summed E-state index contributed by atoms with van der Waals surface area (Å²) in [6.07, 6.45) is 1.96. The van der Waals surface area contributed by atoms with E-state index in [4.69, 9.17) is 5.84 Å². The minimum Gasteiger partial charge on any atom is -0.337 e. The highest BCUT2D eigenvalue weighted by Crippen LogP contribution is 2.39. The molecule has 0 radical (unpaired) electrons. The number of carbonyl (C=O) groups is 1. The van der Waals surface area contributed by atoms with Crippen LogP contribution in [0.5, 0.6) is 0 Å². The van der Waals surface area contributed by atoms with E-state index in [2.05, 4.69) is 54.5 Å². The van der Waals surface area contributed by atoms with Crippen LogP contribution in [-0.2, 0) is 10.2 Å². The number of benzene rings is 1. The zero-order chi connectivity index (χ0) is 20.5. The lowest BCUT2D eigenvalue weighted by atomic mass is 9.87. The van der Waals surface area contributed by atoms with Crippen LogP contribution >= 0.6 is 11.8 Å². The van der Waals surface area contributed by atoms with E-state index in [1.807, 2.05) is 12.1 Å².